The lowest BCUT2D eigenvalue weighted by Crippen LogP contribution is -2.24. The van der Waals surface area contributed by atoms with E-state index in [-0.39, 0.29) is 33.6 Å². The standard InChI is InChI=1S/C26H24F2N6O/c1-26(2)7-5-16-11-21(35)23-17(27)9-15(10-20(23)34(16)26)24-18(28)13-30-25(33-24)32-22-4-3-14-12-29-8-6-19(14)31-22/h3-4,9-11,13,29H,5-8,12H2,1-2H3,(H,30,31,32,33). The van der Waals surface area contributed by atoms with E-state index in [0.29, 0.717) is 11.3 Å². The van der Waals surface area contributed by atoms with Gasteiger partial charge in [0.25, 0.3) is 0 Å². The van der Waals surface area contributed by atoms with Gasteiger partial charge in [-0.05, 0) is 50.5 Å². The highest BCUT2D eigenvalue weighted by Gasteiger charge is 2.31. The van der Waals surface area contributed by atoms with Gasteiger partial charge in [-0.3, -0.25) is 4.79 Å². The highest BCUT2D eigenvalue weighted by Crippen LogP contribution is 2.36. The predicted octanol–water partition coefficient (Wildman–Crippen LogP) is 4.20. The van der Waals surface area contributed by atoms with Gasteiger partial charge in [-0.15, -0.1) is 0 Å². The minimum absolute atomic E-state index is 0.00744. The molecule has 2 aliphatic heterocycles. The Morgan fingerprint density at radius 2 is 1.94 bits per heavy atom. The zero-order valence-electron chi connectivity index (χ0n) is 19.5. The summed E-state index contributed by atoms with van der Waals surface area (Å²) in [5.74, 6) is -0.672. The summed E-state index contributed by atoms with van der Waals surface area (Å²) in [5.41, 5.74) is 2.96. The molecule has 9 heteroatoms. The van der Waals surface area contributed by atoms with Crippen LogP contribution in [0.1, 0.15) is 37.2 Å². The van der Waals surface area contributed by atoms with E-state index in [1.165, 1.54) is 6.07 Å². The van der Waals surface area contributed by atoms with E-state index in [4.69, 9.17) is 0 Å². The number of nitrogens with one attached hydrogen (secondary N) is 2. The molecule has 0 unspecified atom stereocenters. The summed E-state index contributed by atoms with van der Waals surface area (Å²) >= 11 is 0. The summed E-state index contributed by atoms with van der Waals surface area (Å²) in [4.78, 5) is 25.7. The van der Waals surface area contributed by atoms with Gasteiger partial charge in [0.2, 0.25) is 5.95 Å². The molecular formula is C26H24F2N6O. The Morgan fingerprint density at radius 3 is 2.80 bits per heavy atom. The maximum absolute atomic E-state index is 15.2. The van der Waals surface area contributed by atoms with E-state index < -0.39 is 11.6 Å². The maximum Gasteiger partial charge on any atom is 0.229 e. The first-order valence-electron chi connectivity index (χ1n) is 11.7. The normalized spacial score (nSPS) is 16.2. The molecular weight excluding hydrogens is 450 g/mol. The van der Waals surface area contributed by atoms with E-state index in [1.54, 1.807) is 6.07 Å². The number of anilines is 2. The monoisotopic (exact) mass is 474 g/mol. The van der Waals surface area contributed by atoms with Crippen molar-refractivity contribution in [3.05, 3.63) is 75.3 Å². The van der Waals surface area contributed by atoms with Crippen molar-refractivity contribution in [3.63, 3.8) is 0 Å². The molecule has 0 saturated carbocycles. The zero-order chi connectivity index (χ0) is 24.3. The molecule has 35 heavy (non-hydrogen) atoms. The minimum Gasteiger partial charge on any atom is -0.339 e. The lowest BCUT2D eigenvalue weighted by Gasteiger charge is -2.25. The van der Waals surface area contributed by atoms with Crippen LogP contribution < -0.4 is 16.1 Å². The number of nitrogens with zero attached hydrogens (tertiary/aromatic N) is 4. The van der Waals surface area contributed by atoms with Crippen molar-refractivity contribution >= 4 is 22.7 Å². The molecule has 1 aromatic carbocycles. The number of fused-ring (bicyclic) bond motifs is 4. The van der Waals surface area contributed by atoms with Crippen molar-refractivity contribution in [2.45, 2.75) is 45.2 Å². The molecule has 0 radical (unpaired) electrons. The first kappa shape index (κ1) is 21.8. The maximum atomic E-state index is 15.2. The van der Waals surface area contributed by atoms with Crippen LogP contribution in [0.5, 0.6) is 0 Å². The first-order chi connectivity index (χ1) is 16.8. The molecule has 178 valence electrons. The van der Waals surface area contributed by atoms with Crippen LogP contribution in [0.4, 0.5) is 20.5 Å². The molecule has 5 heterocycles. The second kappa shape index (κ2) is 7.91. The number of rotatable bonds is 3. The Labute approximate surface area is 200 Å². The molecule has 0 saturated heterocycles. The van der Waals surface area contributed by atoms with Crippen LogP contribution in [0.3, 0.4) is 0 Å². The average molecular weight is 475 g/mol. The van der Waals surface area contributed by atoms with Crippen molar-refractivity contribution < 1.29 is 8.78 Å². The van der Waals surface area contributed by atoms with Gasteiger partial charge < -0.3 is 15.2 Å². The summed E-state index contributed by atoms with van der Waals surface area (Å²) in [5, 5.41) is 6.35. The average Bonchev–Trinajstić information content (AvgIpc) is 3.14. The molecule has 3 aromatic heterocycles. The summed E-state index contributed by atoms with van der Waals surface area (Å²) in [6, 6.07) is 8.13. The lowest BCUT2D eigenvalue weighted by atomic mass is 10.0. The number of benzene rings is 1. The van der Waals surface area contributed by atoms with Crippen LogP contribution in [0.25, 0.3) is 22.2 Å². The Hall–Kier alpha value is -3.72. The van der Waals surface area contributed by atoms with Crippen molar-refractivity contribution in [1.29, 1.82) is 0 Å². The van der Waals surface area contributed by atoms with Gasteiger partial charge >= 0.3 is 0 Å². The van der Waals surface area contributed by atoms with Gasteiger partial charge in [-0.1, -0.05) is 6.07 Å². The van der Waals surface area contributed by atoms with Gasteiger partial charge in [0.15, 0.2) is 11.2 Å². The third kappa shape index (κ3) is 3.67. The second-order valence-corrected chi connectivity index (χ2v) is 9.74. The number of aryl methyl sites for hydroxylation is 1. The highest BCUT2D eigenvalue weighted by molar-refractivity contribution is 5.85. The van der Waals surface area contributed by atoms with E-state index in [0.717, 1.165) is 61.6 Å². The highest BCUT2D eigenvalue weighted by atomic mass is 19.1. The Morgan fingerprint density at radius 1 is 1.09 bits per heavy atom. The fourth-order valence-electron chi connectivity index (χ4n) is 5.19. The number of hydrogen-bond acceptors (Lipinski definition) is 6. The Kier molecular flexibility index (Phi) is 4.93. The van der Waals surface area contributed by atoms with Gasteiger partial charge in [0.05, 0.1) is 17.1 Å². The predicted molar refractivity (Wildman–Crippen MR) is 130 cm³/mol. The van der Waals surface area contributed by atoms with Crippen LogP contribution in [0.2, 0.25) is 0 Å². The Bertz CT molecular complexity index is 1560. The van der Waals surface area contributed by atoms with Gasteiger partial charge in [-0.2, -0.15) is 0 Å². The van der Waals surface area contributed by atoms with Crippen LogP contribution in [0, 0.1) is 11.6 Å². The molecule has 0 fully saturated rings. The molecule has 7 nitrogen and oxygen atoms in total. The number of hydrogen-bond donors (Lipinski definition) is 2. The van der Waals surface area contributed by atoms with Gasteiger partial charge in [0, 0.05) is 48.1 Å². The van der Waals surface area contributed by atoms with Crippen molar-refractivity contribution in [2.24, 2.45) is 0 Å². The lowest BCUT2D eigenvalue weighted by molar-refractivity contribution is 0.386. The number of halogens is 2. The molecule has 0 amide bonds. The molecule has 2 N–H and O–H groups in total. The van der Waals surface area contributed by atoms with E-state index in [2.05, 4.69) is 25.6 Å². The number of aromatic nitrogens is 4. The fourth-order valence-corrected chi connectivity index (χ4v) is 5.19. The topological polar surface area (TPSA) is 84.7 Å². The molecule has 0 aliphatic carbocycles. The Balaban J connectivity index is 1.45. The van der Waals surface area contributed by atoms with Crippen LogP contribution in [-0.2, 0) is 24.9 Å². The summed E-state index contributed by atoms with van der Waals surface area (Å²) in [6.45, 7) is 5.73. The molecule has 2 aliphatic rings. The molecule has 0 spiro atoms. The fraction of sp³-hybridized carbons (Fsp3) is 0.308. The molecule has 4 aromatic rings. The van der Waals surface area contributed by atoms with Gasteiger partial charge in [0.1, 0.15) is 17.3 Å². The zero-order valence-corrected chi connectivity index (χ0v) is 19.5. The summed E-state index contributed by atoms with van der Waals surface area (Å²) in [6.07, 6.45) is 3.43. The second-order valence-electron chi connectivity index (χ2n) is 9.74. The largest absolute Gasteiger partial charge is 0.339 e. The SMILES string of the molecule is CC1(C)CCc2cc(=O)c3c(F)cc(-c4nc(Nc5ccc6c(n5)CCNC6)ncc4F)cc3n21. The third-order valence-corrected chi connectivity index (χ3v) is 6.92. The van der Waals surface area contributed by atoms with Crippen molar-refractivity contribution in [1.82, 2.24) is 24.8 Å². The van der Waals surface area contributed by atoms with Crippen LogP contribution >= 0.6 is 0 Å². The van der Waals surface area contributed by atoms with E-state index >= 15 is 4.39 Å². The van der Waals surface area contributed by atoms with Crippen molar-refractivity contribution in [3.8, 4) is 11.3 Å². The minimum atomic E-state index is -0.696. The van der Waals surface area contributed by atoms with Crippen LogP contribution in [0.15, 0.2) is 41.3 Å². The van der Waals surface area contributed by atoms with Crippen molar-refractivity contribution in [2.75, 3.05) is 11.9 Å². The molecule has 0 bridgehead atoms. The third-order valence-electron chi connectivity index (χ3n) is 6.92. The summed E-state index contributed by atoms with van der Waals surface area (Å²) < 4.78 is 32.1. The van der Waals surface area contributed by atoms with Crippen LogP contribution in [-0.4, -0.2) is 26.1 Å². The molecule has 0 atom stereocenters. The first-order valence-corrected chi connectivity index (χ1v) is 11.7. The quantitative estimate of drug-likeness (QED) is 0.463. The number of pyridine rings is 2. The summed E-state index contributed by atoms with van der Waals surface area (Å²) in [7, 11) is 0. The smallest absolute Gasteiger partial charge is 0.229 e. The van der Waals surface area contributed by atoms with E-state index in [1.807, 2.05) is 30.5 Å². The van der Waals surface area contributed by atoms with E-state index in [9.17, 15) is 9.18 Å². The van der Waals surface area contributed by atoms with Gasteiger partial charge in [-0.25, -0.2) is 23.7 Å². The molecule has 6 rings (SSSR count).